The first-order valence-electron chi connectivity index (χ1n) is 7.70. The highest BCUT2D eigenvalue weighted by molar-refractivity contribution is 6.30. The smallest absolute Gasteiger partial charge is 0.340 e. The lowest BCUT2D eigenvalue weighted by Crippen LogP contribution is -2.33. The van der Waals surface area contributed by atoms with Crippen LogP contribution in [0.2, 0.25) is 5.02 Å². The van der Waals surface area contributed by atoms with Gasteiger partial charge in [-0.1, -0.05) is 35.9 Å². The molecular formula is C18H18ClF4NO. The minimum absolute atomic E-state index is 0.134. The molecule has 25 heavy (non-hydrogen) atoms. The molecule has 1 N–H and O–H groups in total. The third-order valence-electron chi connectivity index (χ3n) is 3.46. The van der Waals surface area contributed by atoms with Crippen LogP contribution in [-0.2, 0) is 13.0 Å². The van der Waals surface area contributed by atoms with Crippen molar-refractivity contribution in [2.45, 2.75) is 25.3 Å². The zero-order chi connectivity index (χ0) is 18.3. The van der Waals surface area contributed by atoms with Crippen LogP contribution in [0.15, 0.2) is 48.5 Å². The largest absolute Gasteiger partial charge is 0.487 e. The van der Waals surface area contributed by atoms with E-state index < -0.39 is 19.0 Å². The fourth-order valence-electron chi connectivity index (χ4n) is 2.15. The van der Waals surface area contributed by atoms with E-state index in [1.165, 1.54) is 6.07 Å². The van der Waals surface area contributed by atoms with Gasteiger partial charge in [-0.15, -0.1) is 0 Å². The standard InChI is InChI=1S/C18H18ClF4NO/c19-15-5-1-3-13(9-15)7-8-24-11-14-4-2-6-16(10-14)25-12-18(22,23)17(20)21/h1-6,9-10,17,24H,7-8,11-12H2. The van der Waals surface area contributed by atoms with Gasteiger partial charge in [-0.05, 0) is 48.4 Å². The second-order valence-corrected chi connectivity index (χ2v) is 5.99. The number of benzene rings is 2. The number of halogens is 5. The fraction of sp³-hybridized carbons (Fsp3) is 0.333. The fourth-order valence-corrected chi connectivity index (χ4v) is 2.36. The molecule has 0 aliphatic carbocycles. The van der Waals surface area contributed by atoms with Crippen LogP contribution in [0.3, 0.4) is 0 Å². The van der Waals surface area contributed by atoms with Crippen LogP contribution in [-0.4, -0.2) is 25.5 Å². The first-order chi connectivity index (χ1) is 11.9. The second-order valence-electron chi connectivity index (χ2n) is 5.55. The Labute approximate surface area is 148 Å². The van der Waals surface area contributed by atoms with E-state index >= 15 is 0 Å². The Morgan fingerprint density at radius 1 is 1.04 bits per heavy atom. The molecule has 0 atom stereocenters. The highest BCUT2D eigenvalue weighted by atomic mass is 35.5. The predicted molar refractivity (Wildman–Crippen MR) is 89.8 cm³/mol. The minimum atomic E-state index is -4.16. The zero-order valence-corrected chi connectivity index (χ0v) is 14.1. The van der Waals surface area contributed by atoms with Crippen LogP contribution in [0.5, 0.6) is 5.75 Å². The molecule has 2 rings (SSSR count). The average molecular weight is 376 g/mol. The zero-order valence-electron chi connectivity index (χ0n) is 13.3. The van der Waals surface area contributed by atoms with E-state index in [-0.39, 0.29) is 5.75 Å². The van der Waals surface area contributed by atoms with Crippen LogP contribution in [0.4, 0.5) is 17.6 Å². The predicted octanol–water partition coefficient (Wildman–Crippen LogP) is 4.95. The highest BCUT2D eigenvalue weighted by Gasteiger charge is 2.41. The van der Waals surface area contributed by atoms with Crippen LogP contribution >= 0.6 is 11.6 Å². The Kier molecular flexibility index (Phi) is 7.08. The molecule has 0 aliphatic rings. The minimum Gasteiger partial charge on any atom is -0.487 e. The maximum absolute atomic E-state index is 12.9. The van der Waals surface area contributed by atoms with E-state index in [0.29, 0.717) is 18.1 Å². The molecule has 7 heteroatoms. The van der Waals surface area contributed by atoms with Crippen molar-refractivity contribution in [2.75, 3.05) is 13.2 Å². The maximum Gasteiger partial charge on any atom is 0.340 e. The number of nitrogens with one attached hydrogen (secondary N) is 1. The molecule has 2 aromatic rings. The SMILES string of the molecule is FC(F)C(F)(F)COc1cccc(CNCCc2cccc(Cl)c2)c1. The molecule has 2 aromatic carbocycles. The molecule has 0 bridgehead atoms. The van der Waals surface area contributed by atoms with Gasteiger partial charge in [0.25, 0.3) is 0 Å². The molecule has 0 aliphatic heterocycles. The Hall–Kier alpha value is -1.79. The van der Waals surface area contributed by atoms with E-state index in [1.54, 1.807) is 18.2 Å². The van der Waals surface area contributed by atoms with E-state index in [0.717, 1.165) is 17.5 Å². The summed E-state index contributed by atoms with van der Waals surface area (Å²) in [4.78, 5) is 0. The molecular weight excluding hydrogens is 358 g/mol. The molecule has 0 spiro atoms. The van der Waals surface area contributed by atoms with Gasteiger partial charge in [0.15, 0.2) is 6.61 Å². The van der Waals surface area contributed by atoms with Crippen molar-refractivity contribution in [3.05, 3.63) is 64.7 Å². The van der Waals surface area contributed by atoms with Crippen molar-refractivity contribution in [1.82, 2.24) is 5.32 Å². The van der Waals surface area contributed by atoms with Crippen molar-refractivity contribution in [3.63, 3.8) is 0 Å². The summed E-state index contributed by atoms with van der Waals surface area (Å²) in [5.74, 6) is -4.03. The normalized spacial score (nSPS) is 11.8. The molecule has 0 amide bonds. The number of hydrogen-bond acceptors (Lipinski definition) is 2. The van der Waals surface area contributed by atoms with Gasteiger partial charge < -0.3 is 10.1 Å². The molecule has 2 nitrogen and oxygen atoms in total. The second kappa shape index (κ2) is 9.06. The van der Waals surface area contributed by atoms with E-state index in [9.17, 15) is 17.6 Å². The van der Waals surface area contributed by atoms with E-state index in [1.807, 2.05) is 24.3 Å². The van der Waals surface area contributed by atoms with Gasteiger partial charge in [-0.25, -0.2) is 8.78 Å². The quantitative estimate of drug-likeness (QED) is 0.494. The third kappa shape index (κ3) is 6.55. The first kappa shape index (κ1) is 19.5. The van der Waals surface area contributed by atoms with E-state index in [2.05, 4.69) is 5.32 Å². The number of alkyl halides is 4. The lowest BCUT2D eigenvalue weighted by Gasteiger charge is -2.16. The van der Waals surface area contributed by atoms with Crippen LogP contribution < -0.4 is 10.1 Å². The third-order valence-corrected chi connectivity index (χ3v) is 3.69. The summed E-state index contributed by atoms with van der Waals surface area (Å²) in [5, 5.41) is 3.90. The summed E-state index contributed by atoms with van der Waals surface area (Å²) in [6.45, 7) is -0.145. The summed E-state index contributed by atoms with van der Waals surface area (Å²) in [6.07, 6.45) is -2.96. The number of ether oxygens (including phenoxy) is 1. The van der Waals surface area contributed by atoms with Crippen molar-refractivity contribution in [2.24, 2.45) is 0 Å². The van der Waals surface area contributed by atoms with Crippen LogP contribution in [0.1, 0.15) is 11.1 Å². The van der Waals surface area contributed by atoms with Gasteiger partial charge in [0.05, 0.1) is 0 Å². The number of rotatable bonds is 9. The van der Waals surface area contributed by atoms with Crippen molar-refractivity contribution in [3.8, 4) is 5.75 Å². The number of hydrogen-bond donors (Lipinski definition) is 1. The summed E-state index contributed by atoms with van der Waals surface area (Å²) >= 11 is 5.92. The Morgan fingerprint density at radius 2 is 1.76 bits per heavy atom. The molecule has 0 unspecified atom stereocenters. The molecule has 0 fully saturated rings. The van der Waals surface area contributed by atoms with Crippen molar-refractivity contribution < 1.29 is 22.3 Å². The highest BCUT2D eigenvalue weighted by Crippen LogP contribution is 2.24. The van der Waals surface area contributed by atoms with Gasteiger partial charge in [-0.2, -0.15) is 8.78 Å². The molecule has 0 saturated carbocycles. The summed E-state index contributed by atoms with van der Waals surface area (Å²) in [5.41, 5.74) is 1.91. The molecule has 0 radical (unpaired) electrons. The lowest BCUT2D eigenvalue weighted by atomic mass is 10.1. The molecule has 0 saturated heterocycles. The van der Waals surface area contributed by atoms with Gasteiger partial charge in [0, 0.05) is 11.6 Å². The summed E-state index contributed by atoms with van der Waals surface area (Å²) in [7, 11) is 0. The maximum atomic E-state index is 12.9. The van der Waals surface area contributed by atoms with Gasteiger partial charge in [0.2, 0.25) is 0 Å². The summed E-state index contributed by atoms with van der Waals surface area (Å²) in [6, 6.07) is 14.0. The lowest BCUT2D eigenvalue weighted by molar-refractivity contribution is -0.148. The first-order valence-corrected chi connectivity index (χ1v) is 8.07. The van der Waals surface area contributed by atoms with Gasteiger partial charge in [0.1, 0.15) is 5.75 Å². The monoisotopic (exact) mass is 375 g/mol. The van der Waals surface area contributed by atoms with Gasteiger partial charge >= 0.3 is 12.3 Å². The van der Waals surface area contributed by atoms with Gasteiger partial charge in [-0.3, -0.25) is 0 Å². The Morgan fingerprint density at radius 3 is 2.48 bits per heavy atom. The molecule has 136 valence electrons. The average Bonchev–Trinajstić information content (AvgIpc) is 2.57. The van der Waals surface area contributed by atoms with Crippen molar-refractivity contribution >= 4 is 11.6 Å². The molecule has 0 aromatic heterocycles. The van der Waals surface area contributed by atoms with Crippen LogP contribution in [0, 0.1) is 0 Å². The Bertz CT molecular complexity index is 682. The van der Waals surface area contributed by atoms with Crippen LogP contribution in [0.25, 0.3) is 0 Å². The Balaban J connectivity index is 1.79. The molecule has 0 heterocycles. The van der Waals surface area contributed by atoms with Crippen molar-refractivity contribution in [1.29, 1.82) is 0 Å². The topological polar surface area (TPSA) is 21.3 Å². The summed E-state index contributed by atoms with van der Waals surface area (Å²) < 4.78 is 54.8. The van der Waals surface area contributed by atoms with E-state index in [4.69, 9.17) is 16.3 Å².